The molecule has 0 spiro atoms. The zero-order chi connectivity index (χ0) is 22.6. The van der Waals surface area contributed by atoms with Crippen LogP contribution in [0, 0.1) is 5.92 Å². The van der Waals surface area contributed by atoms with Crippen LogP contribution < -0.4 is 15.9 Å². The van der Waals surface area contributed by atoms with Crippen molar-refractivity contribution in [2.45, 2.75) is 77.0 Å². The van der Waals surface area contributed by atoms with Gasteiger partial charge in [0.1, 0.15) is 23.2 Å². The van der Waals surface area contributed by atoms with Crippen molar-refractivity contribution >= 4 is 23.2 Å². The molecular weight excluding hydrogens is 415 g/mol. The number of rotatable bonds is 5. The molecule has 4 rings (SSSR count). The van der Waals surface area contributed by atoms with E-state index in [0.29, 0.717) is 0 Å². The number of benzene rings is 3. The normalized spacial score (nSPS) is 17.5. The molecule has 0 N–H and O–H groups in total. The molecule has 0 amide bonds. The van der Waals surface area contributed by atoms with Gasteiger partial charge in [0.05, 0.1) is 6.16 Å². The van der Waals surface area contributed by atoms with Gasteiger partial charge in [-0.2, -0.15) is 0 Å². The van der Waals surface area contributed by atoms with Crippen LogP contribution in [0.3, 0.4) is 0 Å². The standard InChI is InChI=1S/C32H42P/c1-2-4-6-8-13-21-29(20-12-7-5-3-1)28-33(30-22-14-9-15-23-30,31-24-16-10-17-25-31)32-26-18-11-19-27-32/h9-11,14-19,22-27,29H,1-8,12-13,20-21,28H2/q+1. The molecular formula is C32H42P+. The Morgan fingerprint density at radius 1 is 0.424 bits per heavy atom. The molecule has 1 aliphatic carbocycles. The molecule has 0 saturated heterocycles. The van der Waals surface area contributed by atoms with Crippen molar-refractivity contribution < 1.29 is 0 Å². The first-order chi connectivity index (χ1) is 16.4. The maximum Gasteiger partial charge on any atom is 0.112 e. The molecule has 0 unspecified atom stereocenters. The maximum atomic E-state index is 2.41. The van der Waals surface area contributed by atoms with E-state index in [9.17, 15) is 0 Å². The zero-order valence-corrected chi connectivity index (χ0v) is 21.3. The Morgan fingerprint density at radius 3 is 1.06 bits per heavy atom. The van der Waals surface area contributed by atoms with Crippen LogP contribution in [0.15, 0.2) is 91.0 Å². The Hall–Kier alpha value is -1.91. The van der Waals surface area contributed by atoms with Crippen molar-refractivity contribution in [3.8, 4) is 0 Å². The minimum absolute atomic E-state index is 0.805. The Balaban J connectivity index is 1.71. The minimum Gasteiger partial charge on any atom is -0.0620 e. The van der Waals surface area contributed by atoms with E-state index in [1.165, 1.54) is 83.2 Å². The highest BCUT2D eigenvalue weighted by Crippen LogP contribution is 2.57. The van der Waals surface area contributed by atoms with Crippen LogP contribution in [-0.2, 0) is 0 Å². The maximum absolute atomic E-state index is 2.41. The number of hydrogen-bond acceptors (Lipinski definition) is 0. The van der Waals surface area contributed by atoms with Crippen LogP contribution in [0.5, 0.6) is 0 Å². The first-order valence-corrected chi connectivity index (χ1v) is 15.4. The van der Waals surface area contributed by atoms with Crippen molar-refractivity contribution in [1.82, 2.24) is 0 Å². The summed E-state index contributed by atoms with van der Waals surface area (Å²) in [7, 11) is -1.71. The average Bonchev–Trinajstić information content (AvgIpc) is 2.91. The summed E-state index contributed by atoms with van der Waals surface area (Å²) in [5, 5.41) is 4.64. The van der Waals surface area contributed by atoms with Gasteiger partial charge in [0.15, 0.2) is 0 Å². The summed E-state index contributed by atoms with van der Waals surface area (Å²) in [6.45, 7) is 0. The molecule has 0 heterocycles. The van der Waals surface area contributed by atoms with Crippen molar-refractivity contribution in [2.75, 3.05) is 6.16 Å². The molecule has 3 aromatic rings. The summed E-state index contributed by atoms with van der Waals surface area (Å²) in [6, 6.07) is 34.5. The van der Waals surface area contributed by atoms with Crippen LogP contribution >= 0.6 is 7.26 Å². The second kappa shape index (κ2) is 13.1. The lowest BCUT2D eigenvalue weighted by Crippen LogP contribution is -2.35. The smallest absolute Gasteiger partial charge is 0.0620 e. The molecule has 174 valence electrons. The fraction of sp³-hybridized carbons (Fsp3) is 0.438. The van der Waals surface area contributed by atoms with Crippen LogP contribution in [0.2, 0.25) is 0 Å². The van der Waals surface area contributed by atoms with Gasteiger partial charge in [-0.1, -0.05) is 119 Å². The Morgan fingerprint density at radius 2 is 0.727 bits per heavy atom. The molecule has 33 heavy (non-hydrogen) atoms. The first kappa shape index (κ1) is 24.2. The van der Waals surface area contributed by atoms with Crippen molar-refractivity contribution in [3.05, 3.63) is 91.0 Å². The Kier molecular flexibility index (Phi) is 9.61. The van der Waals surface area contributed by atoms with E-state index in [-0.39, 0.29) is 0 Å². The van der Waals surface area contributed by atoms with Crippen LogP contribution in [-0.4, -0.2) is 6.16 Å². The fourth-order valence-electron chi connectivity index (χ4n) is 5.81. The van der Waals surface area contributed by atoms with Crippen LogP contribution in [0.1, 0.15) is 77.0 Å². The molecule has 1 aliphatic rings. The second-order valence-corrected chi connectivity index (χ2v) is 13.5. The summed E-state index contributed by atoms with van der Waals surface area (Å²) in [5.74, 6) is 0.805. The van der Waals surface area contributed by atoms with E-state index in [1.54, 1.807) is 15.9 Å². The van der Waals surface area contributed by atoms with Crippen LogP contribution in [0.4, 0.5) is 0 Å². The predicted molar refractivity (Wildman–Crippen MR) is 149 cm³/mol. The van der Waals surface area contributed by atoms with E-state index in [2.05, 4.69) is 91.0 Å². The van der Waals surface area contributed by atoms with E-state index >= 15 is 0 Å². The molecule has 0 radical (unpaired) electrons. The zero-order valence-electron chi connectivity index (χ0n) is 20.4. The molecule has 0 aromatic heterocycles. The molecule has 0 nitrogen and oxygen atoms in total. The summed E-state index contributed by atoms with van der Waals surface area (Å²) < 4.78 is 0. The topological polar surface area (TPSA) is 0 Å². The molecule has 1 saturated carbocycles. The predicted octanol–water partition coefficient (Wildman–Crippen LogP) is 8.29. The highest BCUT2D eigenvalue weighted by molar-refractivity contribution is 7.95. The molecule has 1 fully saturated rings. The molecule has 0 aliphatic heterocycles. The second-order valence-electron chi connectivity index (χ2n) is 9.98. The average molecular weight is 458 g/mol. The largest absolute Gasteiger partial charge is 0.112 e. The Bertz CT molecular complexity index is 792. The lowest BCUT2D eigenvalue weighted by molar-refractivity contribution is 0.443. The van der Waals surface area contributed by atoms with Gasteiger partial charge in [-0.3, -0.25) is 0 Å². The highest BCUT2D eigenvalue weighted by atomic mass is 31.2. The molecule has 3 aromatic carbocycles. The van der Waals surface area contributed by atoms with Gasteiger partial charge in [0.2, 0.25) is 0 Å². The summed E-state index contributed by atoms with van der Waals surface area (Å²) in [4.78, 5) is 0. The highest BCUT2D eigenvalue weighted by Gasteiger charge is 2.46. The van der Waals surface area contributed by atoms with Gasteiger partial charge in [0, 0.05) is 0 Å². The van der Waals surface area contributed by atoms with E-state index in [0.717, 1.165) is 5.92 Å². The molecule has 0 atom stereocenters. The van der Waals surface area contributed by atoms with Crippen molar-refractivity contribution in [3.63, 3.8) is 0 Å². The third-order valence-electron chi connectivity index (χ3n) is 7.60. The number of hydrogen-bond donors (Lipinski definition) is 0. The van der Waals surface area contributed by atoms with E-state index in [1.807, 2.05) is 0 Å². The van der Waals surface area contributed by atoms with Crippen molar-refractivity contribution in [2.24, 2.45) is 5.92 Å². The molecule has 0 bridgehead atoms. The monoisotopic (exact) mass is 457 g/mol. The van der Waals surface area contributed by atoms with Crippen molar-refractivity contribution in [1.29, 1.82) is 0 Å². The first-order valence-electron chi connectivity index (χ1n) is 13.4. The van der Waals surface area contributed by atoms with Gasteiger partial charge in [-0.05, 0) is 55.2 Å². The van der Waals surface area contributed by atoms with Gasteiger partial charge in [0.25, 0.3) is 0 Å². The summed E-state index contributed by atoms with van der Waals surface area (Å²) in [6.07, 6.45) is 18.4. The minimum atomic E-state index is -1.71. The molecule has 1 heteroatoms. The third kappa shape index (κ3) is 6.58. The Labute approximate surface area is 203 Å². The van der Waals surface area contributed by atoms with Gasteiger partial charge in [-0.15, -0.1) is 0 Å². The lowest BCUT2D eigenvalue weighted by atomic mass is 9.96. The quantitative estimate of drug-likeness (QED) is 0.338. The summed E-state index contributed by atoms with van der Waals surface area (Å²) >= 11 is 0. The van der Waals surface area contributed by atoms with Gasteiger partial charge < -0.3 is 0 Å². The fourth-order valence-corrected chi connectivity index (χ4v) is 10.5. The van der Waals surface area contributed by atoms with Gasteiger partial charge >= 0.3 is 0 Å². The van der Waals surface area contributed by atoms with Gasteiger partial charge in [-0.25, -0.2) is 0 Å². The van der Waals surface area contributed by atoms with E-state index < -0.39 is 7.26 Å². The van der Waals surface area contributed by atoms with E-state index in [4.69, 9.17) is 0 Å². The summed E-state index contributed by atoms with van der Waals surface area (Å²) in [5.41, 5.74) is 0. The SMILES string of the molecule is c1ccc([P+](CC2CCCCCCCCCCCC2)(c2ccccc2)c2ccccc2)cc1. The van der Waals surface area contributed by atoms with Crippen LogP contribution in [0.25, 0.3) is 0 Å². The third-order valence-corrected chi connectivity index (χ3v) is 12.2. The lowest BCUT2D eigenvalue weighted by Gasteiger charge is -2.31.